The number of nitrogens with two attached hydrogens (primary N) is 1. The average Bonchev–Trinajstić information content (AvgIpc) is 3.18. The van der Waals surface area contributed by atoms with Crippen molar-refractivity contribution >= 4 is 17.6 Å². The molecule has 10 nitrogen and oxygen atoms in total. The SMILES string of the molecule is COCOc1ccccc1-c1cc(N2CC3CCC(C2)N3C2CC3(CCN(C(=O)OC(C)(C)C)CC3)C2)c(N)nn1. The highest BCUT2D eigenvalue weighted by Gasteiger charge is 2.53. The Labute approximate surface area is 243 Å². The summed E-state index contributed by atoms with van der Waals surface area (Å²) in [6.45, 7) is 9.46. The summed E-state index contributed by atoms with van der Waals surface area (Å²) in [5.41, 5.74) is 8.90. The van der Waals surface area contributed by atoms with Crippen molar-refractivity contribution in [2.24, 2.45) is 5.41 Å². The Hall–Kier alpha value is -3.11. The number of nitrogens with zero attached hydrogens (tertiary/aromatic N) is 5. The first-order valence-corrected chi connectivity index (χ1v) is 15.0. The molecule has 10 heteroatoms. The number of ether oxygens (including phenoxy) is 3. The number of hydrogen-bond donors (Lipinski definition) is 1. The summed E-state index contributed by atoms with van der Waals surface area (Å²) in [6, 6.07) is 11.5. The molecule has 1 aromatic carbocycles. The molecule has 1 spiro atoms. The van der Waals surface area contributed by atoms with Crippen LogP contribution in [0.3, 0.4) is 0 Å². The van der Waals surface area contributed by atoms with Gasteiger partial charge >= 0.3 is 6.09 Å². The number of carbonyl (C=O) groups is 1. The van der Waals surface area contributed by atoms with Gasteiger partial charge in [0.15, 0.2) is 12.6 Å². The van der Waals surface area contributed by atoms with Crippen molar-refractivity contribution < 1.29 is 19.0 Å². The van der Waals surface area contributed by atoms with E-state index in [2.05, 4.69) is 26.1 Å². The topological polar surface area (TPSA) is 106 Å². The van der Waals surface area contributed by atoms with Crippen LogP contribution in [0.2, 0.25) is 0 Å². The van der Waals surface area contributed by atoms with Gasteiger partial charge in [-0.2, -0.15) is 0 Å². The number of amides is 1. The molecule has 2 N–H and O–H groups in total. The first-order valence-electron chi connectivity index (χ1n) is 15.0. The second kappa shape index (κ2) is 10.9. The first-order chi connectivity index (χ1) is 19.6. The van der Waals surface area contributed by atoms with Crippen molar-refractivity contribution in [1.82, 2.24) is 20.0 Å². The van der Waals surface area contributed by atoms with E-state index in [9.17, 15) is 4.79 Å². The number of piperazine rings is 1. The van der Waals surface area contributed by atoms with Crippen LogP contribution >= 0.6 is 0 Å². The Kier molecular flexibility index (Phi) is 7.48. The predicted molar refractivity (Wildman–Crippen MR) is 158 cm³/mol. The molecular weight excluding hydrogens is 520 g/mol. The summed E-state index contributed by atoms with van der Waals surface area (Å²) in [6.07, 6.45) is 6.90. The van der Waals surface area contributed by atoms with E-state index in [0.717, 1.165) is 56.0 Å². The van der Waals surface area contributed by atoms with E-state index in [0.29, 0.717) is 35.1 Å². The van der Waals surface area contributed by atoms with Gasteiger partial charge in [-0.25, -0.2) is 4.79 Å². The number of piperidine rings is 1. The molecule has 2 unspecified atom stereocenters. The van der Waals surface area contributed by atoms with E-state index in [1.165, 1.54) is 25.7 Å². The number of para-hydroxylation sites is 1. The lowest BCUT2D eigenvalue weighted by atomic mass is 9.59. The lowest BCUT2D eigenvalue weighted by molar-refractivity contribution is -0.0645. The molecule has 6 rings (SSSR count). The summed E-state index contributed by atoms with van der Waals surface area (Å²) in [4.78, 5) is 19.7. The van der Waals surface area contributed by atoms with Crippen LogP contribution in [0.4, 0.5) is 16.3 Å². The minimum atomic E-state index is -0.448. The summed E-state index contributed by atoms with van der Waals surface area (Å²) in [5.74, 6) is 1.18. The molecular formula is C31H44N6O4. The molecule has 1 aliphatic carbocycles. The number of benzene rings is 1. The summed E-state index contributed by atoms with van der Waals surface area (Å²) >= 11 is 0. The largest absolute Gasteiger partial charge is 0.467 e. The number of aromatic nitrogens is 2. The first kappa shape index (κ1) is 28.0. The number of likely N-dealkylation sites (tertiary alicyclic amines) is 1. The minimum absolute atomic E-state index is 0.169. The highest BCUT2D eigenvalue weighted by molar-refractivity contribution is 5.74. The Bertz CT molecular complexity index is 1240. The number of carbonyl (C=O) groups excluding carboxylic acids is 1. The molecule has 1 saturated carbocycles. The van der Waals surface area contributed by atoms with Crippen LogP contribution in [0.1, 0.15) is 59.3 Å². The molecule has 1 aromatic heterocycles. The van der Waals surface area contributed by atoms with Crippen molar-refractivity contribution in [3.8, 4) is 17.0 Å². The Morgan fingerprint density at radius 2 is 1.73 bits per heavy atom. The Morgan fingerprint density at radius 1 is 1.05 bits per heavy atom. The maximum absolute atomic E-state index is 12.5. The third-order valence-corrected chi connectivity index (χ3v) is 9.41. The van der Waals surface area contributed by atoms with Crippen LogP contribution in [0.15, 0.2) is 30.3 Å². The summed E-state index contributed by atoms with van der Waals surface area (Å²) in [7, 11) is 1.61. The molecule has 3 saturated heterocycles. The fraction of sp³-hybridized carbons (Fsp3) is 0.645. The molecule has 4 aliphatic rings. The van der Waals surface area contributed by atoms with E-state index < -0.39 is 5.60 Å². The molecule has 4 heterocycles. The fourth-order valence-electron chi connectivity index (χ4n) is 7.48. The number of methoxy groups -OCH3 is 1. The van der Waals surface area contributed by atoms with Gasteiger partial charge in [-0.1, -0.05) is 12.1 Å². The molecule has 4 fully saturated rings. The minimum Gasteiger partial charge on any atom is -0.467 e. The lowest BCUT2D eigenvalue weighted by Crippen LogP contribution is -2.63. The zero-order chi connectivity index (χ0) is 28.8. The van der Waals surface area contributed by atoms with Crippen molar-refractivity contribution in [3.05, 3.63) is 30.3 Å². The second-order valence-electron chi connectivity index (χ2n) is 13.3. The summed E-state index contributed by atoms with van der Waals surface area (Å²) in [5, 5.41) is 8.76. The van der Waals surface area contributed by atoms with Gasteiger partial charge < -0.3 is 29.7 Å². The van der Waals surface area contributed by atoms with E-state index in [1.807, 2.05) is 49.9 Å². The quantitative estimate of drug-likeness (QED) is 0.506. The lowest BCUT2D eigenvalue weighted by Gasteiger charge is -2.58. The van der Waals surface area contributed by atoms with Gasteiger partial charge in [-0.15, -0.1) is 10.2 Å². The standard InChI is InChI=1S/C31H44N6O4/c1-30(2,3)41-29(38)35-13-11-31(12-14-35)16-23(17-31)37-21-9-10-22(37)19-36(18-21)26-15-25(33-34-28(26)32)24-7-5-6-8-27(24)40-20-39-4/h5-8,15,21-23H,9-14,16-20H2,1-4H3,(H2,32,34). The highest BCUT2D eigenvalue weighted by Crippen LogP contribution is 2.53. The summed E-state index contributed by atoms with van der Waals surface area (Å²) < 4.78 is 16.5. The van der Waals surface area contributed by atoms with Crippen LogP contribution in [-0.4, -0.2) is 89.9 Å². The normalized spacial score (nSPS) is 24.4. The number of nitrogen functional groups attached to an aromatic ring is 1. The van der Waals surface area contributed by atoms with Crippen molar-refractivity contribution in [2.75, 3.05) is 50.7 Å². The van der Waals surface area contributed by atoms with Gasteiger partial charge in [0.1, 0.15) is 11.4 Å². The third-order valence-electron chi connectivity index (χ3n) is 9.41. The average molecular weight is 565 g/mol. The van der Waals surface area contributed by atoms with E-state index in [-0.39, 0.29) is 12.9 Å². The van der Waals surface area contributed by atoms with Crippen LogP contribution in [-0.2, 0) is 9.47 Å². The fourth-order valence-corrected chi connectivity index (χ4v) is 7.48. The van der Waals surface area contributed by atoms with Crippen LogP contribution in [0.5, 0.6) is 5.75 Å². The maximum atomic E-state index is 12.5. The molecule has 1 amide bonds. The van der Waals surface area contributed by atoms with Gasteiger partial charge in [0, 0.05) is 57.0 Å². The van der Waals surface area contributed by atoms with Crippen LogP contribution in [0.25, 0.3) is 11.3 Å². The van der Waals surface area contributed by atoms with Gasteiger partial charge in [-0.3, -0.25) is 4.90 Å². The van der Waals surface area contributed by atoms with Gasteiger partial charge in [-0.05, 0) is 82.9 Å². The molecule has 41 heavy (non-hydrogen) atoms. The Balaban J connectivity index is 1.09. The van der Waals surface area contributed by atoms with Gasteiger partial charge in [0.05, 0.1) is 11.4 Å². The van der Waals surface area contributed by atoms with Gasteiger partial charge in [0.25, 0.3) is 0 Å². The molecule has 2 atom stereocenters. The van der Waals surface area contributed by atoms with Crippen LogP contribution < -0.4 is 15.4 Å². The molecule has 3 aliphatic heterocycles. The molecule has 2 bridgehead atoms. The van der Waals surface area contributed by atoms with E-state index >= 15 is 0 Å². The van der Waals surface area contributed by atoms with Crippen molar-refractivity contribution in [3.63, 3.8) is 0 Å². The molecule has 2 aromatic rings. The Morgan fingerprint density at radius 3 is 2.39 bits per heavy atom. The highest BCUT2D eigenvalue weighted by atomic mass is 16.7. The zero-order valence-electron chi connectivity index (χ0n) is 24.8. The second-order valence-corrected chi connectivity index (χ2v) is 13.3. The number of rotatable bonds is 6. The van der Waals surface area contributed by atoms with Crippen molar-refractivity contribution in [2.45, 2.75) is 83.0 Å². The number of hydrogen-bond acceptors (Lipinski definition) is 9. The monoisotopic (exact) mass is 564 g/mol. The van der Waals surface area contributed by atoms with Crippen LogP contribution in [0, 0.1) is 5.41 Å². The molecule has 222 valence electrons. The van der Waals surface area contributed by atoms with E-state index in [1.54, 1.807) is 7.11 Å². The van der Waals surface area contributed by atoms with Gasteiger partial charge in [0.2, 0.25) is 0 Å². The van der Waals surface area contributed by atoms with Crippen molar-refractivity contribution in [1.29, 1.82) is 0 Å². The number of anilines is 2. The number of fused-ring (bicyclic) bond motifs is 2. The van der Waals surface area contributed by atoms with E-state index in [4.69, 9.17) is 19.9 Å². The predicted octanol–water partition coefficient (Wildman–Crippen LogP) is 4.54. The maximum Gasteiger partial charge on any atom is 0.410 e. The third kappa shape index (κ3) is 5.68. The molecule has 0 radical (unpaired) electrons. The smallest absolute Gasteiger partial charge is 0.410 e. The zero-order valence-corrected chi connectivity index (χ0v) is 24.8.